The van der Waals surface area contributed by atoms with Crippen LogP contribution in [-0.4, -0.2) is 24.0 Å². The Morgan fingerprint density at radius 3 is 3.05 bits per heavy atom. The van der Waals surface area contributed by atoms with E-state index in [1.54, 1.807) is 6.20 Å². The third-order valence-corrected chi connectivity index (χ3v) is 4.09. The largest absolute Gasteiger partial charge is 0.311 e. The number of para-hydroxylation sites is 1. The summed E-state index contributed by atoms with van der Waals surface area (Å²) in [5, 5.41) is 4.26. The van der Waals surface area contributed by atoms with Crippen LogP contribution in [0.2, 0.25) is 0 Å². The number of aryl methyl sites for hydroxylation is 1. The summed E-state index contributed by atoms with van der Waals surface area (Å²) in [6, 6.07) is 8.05. The second kappa shape index (κ2) is 5.11. The van der Waals surface area contributed by atoms with Crippen molar-refractivity contribution in [3.05, 3.63) is 45.9 Å². The van der Waals surface area contributed by atoms with Gasteiger partial charge in [0.15, 0.2) is 0 Å². The zero-order valence-electron chi connectivity index (χ0n) is 10.7. The number of amides is 1. The summed E-state index contributed by atoms with van der Waals surface area (Å²) in [6.45, 7) is 4.21. The number of anilines is 1. The third kappa shape index (κ3) is 2.39. The molecule has 4 nitrogen and oxygen atoms in total. The van der Waals surface area contributed by atoms with Gasteiger partial charge in [-0.2, -0.15) is 0 Å². The first kappa shape index (κ1) is 12.3. The fourth-order valence-corrected chi connectivity index (χ4v) is 2.99. The summed E-state index contributed by atoms with van der Waals surface area (Å²) in [5.41, 5.74) is 2.16. The topological polar surface area (TPSA) is 45.2 Å². The number of nitrogens with one attached hydrogen (secondary N) is 1. The van der Waals surface area contributed by atoms with Crippen LogP contribution in [0, 0.1) is 6.92 Å². The standard InChI is InChI=1S/C14H15N3OS/c1-10-16-9-13(19-10)14(18)17-7-6-15-8-11-4-2-3-5-12(11)17/h2-5,9,15H,6-8H2,1H3. The molecule has 1 aromatic heterocycles. The molecule has 0 unspecified atom stereocenters. The van der Waals surface area contributed by atoms with E-state index < -0.39 is 0 Å². The Labute approximate surface area is 116 Å². The van der Waals surface area contributed by atoms with Crippen molar-refractivity contribution in [3.63, 3.8) is 0 Å². The van der Waals surface area contributed by atoms with E-state index in [4.69, 9.17) is 0 Å². The maximum Gasteiger partial charge on any atom is 0.270 e. The van der Waals surface area contributed by atoms with Crippen LogP contribution < -0.4 is 10.2 Å². The van der Waals surface area contributed by atoms with Crippen molar-refractivity contribution in [2.24, 2.45) is 0 Å². The predicted molar refractivity (Wildman–Crippen MR) is 76.7 cm³/mol. The summed E-state index contributed by atoms with van der Waals surface area (Å²) in [5.74, 6) is 0.0433. The Balaban J connectivity index is 1.98. The second-order valence-electron chi connectivity index (χ2n) is 4.51. The van der Waals surface area contributed by atoms with E-state index >= 15 is 0 Å². The Hall–Kier alpha value is -1.72. The van der Waals surface area contributed by atoms with Crippen molar-refractivity contribution < 1.29 is 4.79 Å². The number of carbonyl (C=O) groups excluding carboxylic acids is 1. The van der Waals surface area contributed by atoms with Crippen LogP contribution in [0.25, 0.3) is 0 Å². The van der Waals surface area contributed by atoms with Gasteiger partial charge in [-0.15, -0.1) is 11.3 Å². The predicted octanol–water partition coefficient (Wildman–Crippen LogP) is 2.20. The van der Waals surface area contributed by atoms with Gasteiger partial charge in [0.1, 0.15) is 4.88 Å². The number of hydrogen-bond donors (Lipinski definition) is 1. The summed E-state index contributed by atoms with van der Waals surface area (Å²) in [6.07, 6.45) is 1.67. The maximum absolute atomic E-state index is 12.6. The molecule has 0 fully saturated rings. The summed E-state index contributed by atoms with van der Waals surface area (Å²) < 4.78 is 0. The van der Waals surface area contributed by atoms with E-state index in [9.17, 15) is 4.79 Å². The van der Waals surface area contributed by atoms with Crippen LogP contribution in [0.4, 0.5) is 5.69 Å². The Morgan fingerprint density at radius 2 is 2.26 bits per heavy atom. The fraction of sp³-hybridized carbons (Fsp3) is 0.286. The van der Waals surface area contributed by atoms with Crippen molar-refractivity contribution in [1.29, 1.82) is 0 Å². The lowest BCUT2D eigenvalue weighted by molar-refractivity contribution is 0.0991. The number of benzene rings is 1. The van der Waals surface area contributed by atoms with Gasteiger partial charge in [0, 0.05) is 25.3 Å². The first-order chi connectivity index (χ1) is 9.25. The highest BCUT2D eigenvalue weighted by Gasteiger charge is 2.23. The molecule has 1 amide bonds. The van der Waals surface area contributed by atoms with Crippen LogP contribution in [0.3, 0.4) is 0 Å². The highest BCUT2D eigenvalue weighted by molar-refractivity contribution is 7.13. The molecule has 98 valence electrons. The number of thiazole rings is 1. The van der Waals surface area contributed by atoms with Crippen molar-refractivity contribution in [1.82, 2.24) is 10.3 Å². The van der Waals surface area contributed by atoms with Crippen molar-refractivity contribution in [3.8, 4) is 0 Å². The lowest BCUT2D eigenvalue weighted by atomic mass is 10.1. The number of fused-ring (bicyclic) bond motifs is 1. The van der Waals surface area contributed by atoms with Crippen LogP contribution >= 0.6 is 11.3 Å². The second-order valence-corrected chi connectivity index (χ2v) is 5.74. The third-order valence-electron chi connectivity index (χ3n) is 3.19. The van der Waals surface area contributed by atoms with E-state index in [-0.39, 0.29) is 5.91 Å². The molecule has 0 radical (unpaired) electrons. The zero-order valence-corrected chi connectivity index (χ0v) is 11.5. The molecule has 0 spiro atoms. The minimum Gasteiger partial charge on any atom is -0.311 e. The average molecular weight is 273 g/mol. The van der Waals surface area contributed by atoms with Crippen LogP contribution in [0.5, 0.6) is 0 Å². The number of aromatic nitrogens is 1. The molecule has 0 bridgehead atoms. The molecule has 19 heavy (non-hydrogen) atoms. The number of carbonyl (C=O) groups is 1. The van der Waals surface area contributed by atoms with Crippen molar-refractivity contribution in [2.45, 2.75) is 13.5 Å². The summed E-state index contributed by atoms with van der Waals surface area (Å²) >= 11 is 1.45. The zero-order chi connectivity index (χ0) is 13.2. The van der Waals surface area contributed by atoms with Gasteiger partial charge in [-0.1, -0.05) is 18.2 Å². The molecule has 0 atom stereocenters. The Morgan fingerprint density at radius 1 is 1.42 bits per heavy atom. The first-order valence-corrected chi connectivity index (χ1v) is 7.10. The molecule has 0 saturated heterocycles. The van der Waals surface area contributed by atoms with Gasteiger partial charge in [0.2, 0.25) is 0 Å². The van der Waals surface area contributed by atoms with Gasteiger partial charge in [-0.25, -0.2) is 4.98 Å². The lowest BCUT2D eigenvalue weighted by Gasteiger charge is -2.21. The van der Waals surface area contributed by atoms with E-state index in [0.717, 1.165) is 29.3 Å². The van der Waals surface area contributed by atoms with Crippen LogP contribution in [0.15, 0.2) is 30.5 Å². The molecular weight excluding hydrogens is 258 g/mol. The molecule has 1 aliphatic heterocycles. The summed E-state index contributed by atoms with van der Waals surface area (Å²) in [7, 11) is 0. The normalized spacial score (nSPS) is 14.9. The quantitative estimate of drug-likeness (QED) is 0.866. The molecule has 1 aromatic carbocycles. The monoisotopic (exact) mass is 273 g/mol. The number of hydrogen-bond acceptors (Lipinski definition) is 4. The van der Waals surface area contributed by atoms with E-state index in [2.05, 4.69) is 16.4 Å². The molecule has 5 heteroatoms. The molecule has 1 aliphatic rings. The van der Waals surface area contributed by atoms with Crippen LogP contribution in [0.1, 0.15) is 20.2 Å². The Bertz CT molecular complexity index is 608. The average Bonchev–Trinajstić information content (AvgIpc) is 2.74. The van der Waals surface area contributed by atoms with Gasteiger partial charge < -0.3 is 10.2 Å². The minimum absolute atomic E-state index is 0.0433. The molecule has 3 rings (SSSR count). The maximum atomic E-state index is 12.6. The van der Waals surface area contributed by atoms with Crippen molar-refractivity contribution in [2.75, 3.05) is 18.0 Å². The molecule has 0 aliphatic carbocycles. The van der Waals surface area contributed by atoms with Gasteiger partial charge in [-0.3, -0.25) is 4.79 Å². The number of rotatable bonds is 1. The van der Waals surface area contributed by atoms with Gasteiger partial charge in [-0.05, 0) is 18.6 Å². The highest BCUT2D eigenvalue weighted by atomic mass is 32.1. The van der Waals surface area contributed by atoms with E-state index in [1.165, 1.54) is 11.3 Å². The molecule has 2 aromatic rings. The number of nitrogens with zero attached hydrogens (tertiary/aromatic N) is 2. The first-order valence-electron chi connectivity index (χ1n) is 6.28. The van der Waals surface area contributed by atoms with Gasteiger partial charge in [0.25, 0.3) is 5.91 Å². The van der Waals surface area contributed by atoms with Gasteiger partial charge in [0.05, 0.1) is 11.2 Å². The Kier molecular flexibility index (Phi) is 3.31. The van der Waals surface area contributed by atoms with E-state index in [0.29, 0.717) is 11.4 Å². The SMILES string of the molecule is Cc1ncc(C(=O)N2CCNCc3ccccc32)s1. The van der Waals surface area contributed by atoms with Crippen LogP contribution in [-0.2, 0) is 6.54 Å². The molecule has 2 heterocycles. The minimum atomic E-state index is 0.0433. The van der Waals surface area contributed by atoms with Crippen molar-refractivity contribution >= 4 is 22.9 Å². The lowest BCUT2D eigenvalue weighted by Crippen LogP contribution is -2.34. The van der Waals surface area contributed by atoms with E-state index in [1.807, 2.05) is 30.0 Å². The van der Waals surface area contributed by atoms with Gasteiger partial charge >= 0.3 is 0 Å². The highest BCUT2D eigenvalue weighted by Crippen LogP contribution is 2.25. The molecule has 0 saturated carbocycles. The summed E-state index contributed by atoms with van der Waals surface area (Å²) in [4.78, 5) is 19.3. The molecule has 1 N–H and O–H groups in total. The smallest absolute Gasteiger partial charge is 0.270 e. The fourth-order valence-electron chi connectivity index (χ4n) is 2.26. The molecular formula is C14H15N3OS.